The topological polar surface area (TPSA) is 136 Å². The first-order valence-corrected chi connectivity index (χ1v) is 7.18. The number of hydrogen-bond acceptors (Lipinski definition) is 6. The normalized spacial score (nSPS) is 13.9. The summed E-state index contributed by atoms with van der Waals surface area (Å²) in [5.41, 5.74) is 5.03. The van der Waals surface area contributed by atoms with Crippen LogP contribution in [0.25, 0.3) is 0 Å². The Morgan fingerprint density at radius 1 is 1.28 bits per heavy atom. The van der Waals surface area contributed by atoms with Crippen molar-refractivity contribution < 1.29 is 28.7 Å². The van der Waals surface area contributed by atoms with Crippen molar-refractivity contribution in [1.29, 1.82) is 0 Å². The van der Waals surface area contributed by atoms with Gasteiger partial charge in [-0.15, -0.1) is 6.58 Å². The molecule has 5 amide bonds. The Morgan fingerprint density at radius 3 is 2.52 bits per heavy atom. The molecule has 25 heavy (non-hydrogen) atoms. The lowest BCUT2D eigenvalue weighted by atomic mass is 10.1. The Labute approximate surface area is 142 Å². The van der Waals surface area contributed by atoms with Crippen LogP contribution >= 0.6 is 0 Å². The first kappa shape index (κ1) is 17.9. The smallest absolute Gasteiger partial charge is 0.338 e. The fraction of sp³-hybridized carbons (Fsp3) is 0.188. The lowest BCUT2D eigenvalue weighted by Crippen LogP contribution is -2.42. The molecule has 1 heterocycles. The number of nitrogens with one attached hydrogen (secondary N) is 1. The molecule has 1 atom stereocenters. The number of nitrogens with two attached hydrogens (primary N) is 1. The van der Waals surface area contributed by atoms with Gasteiger partial charge in [-0.1, -0.05) is 6.08 Å². The van der Waals surface area contributed by atoms with Crippen LogP contribution in [-0.2, 0) is 9.53 Å². The van der Waals surface area contributed by atoms with Crippen LogP contribution in [0.3, 0.4) is 0 Å². The van der Waals surface area contributed by atoms with Gasteiger partial charge in [0.05, 0.1) is 16.7 Å². The zero-order valence-corrected chi connectivity index (χ0v) is 13.3. The van der Waals surface area contributed by atoms with E-state index in [1.54, 1.807) is 5.32 Å². The first-order valence-electron chi connectivity index (χ1n) is 7.18. The molecule has 9 heteroatoms. The van der Waals surface area contributed by atoms with E-state index in [2.05, 4.69) is 6.58 Å². The number of fused-ring (bicyclic) bond motifs is 1. The molecule has 0 spiro atoms. The van der Waals surface area contributed by atoms with Gasteiger partial charge in [-0.25, -0.2) is 9.59 Å². The molecule has 0 saturated carbocycles. The van der Waals surface area contributed by atoms with E-state index in [-0.39, 0.29) is 23.2 Å². The number of hydrogen-bond donors (Lipinski definition) is 2. The van der Waals surface area contributed by atoms with Gasteiger partial charge in [-0.3, -0.25) is 24.6 Å². The molecule has 1 unspecified atom stereocenters. The minimum atomic E-state index is -1.28. The molecule has 0 radical (unpaired) electrons. The van der Waals surface area contributed by atoms with Crippen LogP contribution in [0, 0.1) is 0 Å². The predicted octanol–water partition coefficient (Wildman–Crippen LogP) is 0.209. The number of esters is 1. The van der Waals surface area contributed by atoms with Crippen LogP contribution < -0.4 is 11.1 Å². The molecule has 1 aliphatic rings. The van der Waals surface area contributed by atoms with E-state index in [1.807, 2.05) is 0 Å². The Hall–Kier alpha value is -3.49. The minimum Gasteiger partial charge on any atom is -0.449 e. The van der Waals surface area contributed by atoms with Crippen LogP contribution in [0.2, 0.25) is 0 Å². The van der Waals surface area contributed by atoms with Crippen molar-refractivity contribution in [1.82, 2.24) is 10.2 Å². The Bertz CT molecular complexity index is 801. The van der Waals surface area contributed by atoms with E-state index in [4.69, 9.17) is 10.5 Å². The molecule has 130 valence electrons. The lowest BCUT2D eigenvalue weighted by molar-refractivity contribution is -0.127. The summed E-state index contributed by atoms with van der Waals surface area (Å²) in [7, 11) is 0. The maximum absolute atomic E-state index is 12.2. The van der Waals surface area contributed by atoms with Crippen molar-refractivity contribution in [3.8, 4) is 0 Å². The molecule has 1 aromatic rings. The van der Waals surface area contributed by atoms with Crippen LogP contribution in [-0.4, -0.2) is 47.3 Å². The van der Waals surface area contributed by atoms with Gasteiger partial charge < -0.3 is 10.5 Å². The minimum absolute atomic E-state index is 0.0147. The summed E-state index contributed by atoms with van der Waals surface area (Å²) in [4.78, 5) is 59.5. The summed E-state index contributed by atoms with van der Waals surface area (Å²) in [5, 5.41) is 1.78. The zero-order valence-electron chi connectivity index (χ0n) is 13.3. The number of benzene rings is 1. The third-order valence-electron chi connectivity index (χ3n) is 3.42. The monoisotopic (exact) mass is 345 g/mol. The molecule has 0 fully saturated rings. The summed E-state index contributed by atoms with van der Waals surface area (Å²) in [5.74, 6) is -2.80. The van der Waals surface area contributed by atoms with Crippen LogP contribution in [0.4, 0.5) is 4.79 Å². The number of urea groups is 1. The van der Waals surface area contributed by atoms with Gasteiger partial charge in [0, 0.05) is 6.54 Å². The predicted molar refractivity (Wildman–Crippen MR) is 84.6 cm³/mol. The van der Waals surface area contributed by atoms with Gasteiger partial charge in [0.1, 0.15) is 0 Å². The van der Waals surface area contributed by atoms with E-state index < -0.39 is 35.8 Å². The average Bonchev–Trinajstić information content (AvgIpc) is 2.79. The summed E-state index contributed by atoms with van der Waals surface area (Å²) in [6, 6.07) is 2.79. The second-order valence-corrected chi connectivity index (χ2v) is 5.17. The summed E-state index contributed by atoms with van der Waals surface area (Å²) in [6.45, 7) is 4.79. The fourth-order valence-electron chi connectivity index (χ4n) is 2.22. The van der Waals surface area contributed by atoms with Crippen molar-refractivity contribution in [2.75, 3.05) is 6.54 Å². The fourth-order valence-corrected chi connectivity index (χ4v) is 2.22. The Balaban J connectivity index is 2.18. The van der Waals surface area contributed by atoms with E-state index in [9.17, 15) is 24.0 Å². The SMILES string of the molecule is C=CCN1C(=O)c2ccc(C(=O)OC(C)C(=O)NC(N)=O)cc2C1=O. The maximum Gasteiger partial charge on any atom is 0.338 e. The number of amides is 5. The van der Waals surface area contributed by atoms with Crippen molar-refractivity contribution in [2.45, 2.75) is 13.0 Å². The largest absolute Gasteiger partial charge is 0.449 e. The Morgan fingerprint density at radius 2 is 1.92 bits per heavy atom. The molecular weight excluding hydrogens is 330 g/mol. The number of carbonyl (C=O) groups is 5. The summed E-state index contributed by atoms with van der Waals surface area (Å²) >= 11 is 0. The van der Waals surface area contributed by atoms with Gasteiger partial charge >= 0.3 is 12.0 Å². The standard InChI is InChI=1S/C16H15N3O6/c1-3-6-19-13(21)10-5-4-9(7-11(10)14(19)22)15(23)25-8(2)12(20)18-16(17)24/h3-5,7-8H,1,6H2,2H3,(H3,17,18,20,24). The number of carbonyl (C=O) groups excluding carboxylic acids is 5. The molecule has 9 nitrogen and oxygen atoms in total. The van der Waals surface area contributed by atoms with Gasteiger partial charge in [-0.05, 0) is 25.1 Å². The Kier molecular flexibility index (Phi) is 4.97. The van der Waals surface area contributed by atoms with Crippen molar-refractivity contribution in [2.24, 2.45) is 5.73 Å². The number of rotatable bonds is 5. The molecule has 0 bridgehead atoms. The van der Waals surface area contributed by atoms with Gasteiger partial charge in [-0.2, -0.15) is 0 Å². The molecule has 1 aromatic carbocycles. The van der Waals surface area contributed by atoms with E-state index >= 15 is 0 Å². The molecule has 3 N–H and O–H groups in total. The van der Waals surface area contributed by atoms with E-state index in [1.165, 1.54) is 31.2 Å². The third-order valence-corrected chi connectivity index (χ3v) is 3.42. The third kappa shape index (κ3) is 3.55. The molecular formula is C16H15N3O6. The average molecular weight is 345 g/mol. The lowest BCUT2D eigenvalue weighted by Gasteiger charge is -2.12. The second kappa shape index (κ2) is 6.95. The van der Waals surface area contributed by atoms with Crippen LogP contribution in [0.15, 0.2) is 30.9 Å². The summed E-state index contributed by atoms with van der Waals surface area (Å²) in [6.07, 6.45) is 0.137. The van der Waals surface area contributed by atoms with Gasteiger partial charge in [0.15, 0.2) is 6.10 Å². The number of ether oxygens (including phenoxy) is 1. The molecule has 0 saturated heterocycles. The van der Waals surface area contributed by atoms with Crippen molar-refractivity contribution in [3.63, 3.8) is 0 Å². The molecule has 2 rings (SSSR count). The molecule has 1 aliphatic heterocycles. The zero-order chi connectivity index (χ0) is 18.7. The highest BCUT2D eigenvalue weighted by Gasteiger charge is 2.35. The van der Waals surface area contributed by atoms with Crippen molar-refractivity contribution in [3.05, 3.63) is 47.5 Å². The number of nitrogens with zero attached hydrogens (tertiary/aromatic N) is 1. The number of primary amides is 1. The van der Waals surface area contributed by atoms with E-state index in [0.717, 1.165) is 4.90 Å². The van der Waals surface area contributed by atoms with Gasteiger partial charge in [0.25, 0.3) is 17.7 Å². The van der Waals surface area contributed by atoms with E-state index in [0.29, 0.717) is 0 Å². The molecule has 0 aliphatic carbocycles. The highest BCUT2D eigenvalue weighted by molar-refractivity contribution is 6.22. The number of imide groups is 2. The molecule has 0 aromatic heterocycles. The maximum atomic E-state index is 12.2. The second-order valence-electron chi connectivity index (χ2n) is 5.17. The quantitative estimate of drug-likeness (QED) is 0.445. The highest BCUT2D eigenvalue weighted by atomic mass is 16.5. The van der Waals surface area contributed by atoms with Gasteiger partial charge in [0.2, 0.25) is 0 Å². The van der Waals surface area contributed by atoms with Crippen LogP contribution in [0.1, 0.15) is 38.0 Å². The highest BCUT2D eigenvalue weighted by Crippen LogP contribution is 2.24. The van der Waals surface area contributed by atoms with Crippen LogP contribution in [0.5, 0.6) is 0 Å². The summed E-state index contributed by atoms with van der Waals surface area (Å²) < 4.78 is 4.91. The first-order chi connectivity index (χ1) is 11.8. The van der Waals surface area contributed by atoms with Crippen molar-refractivity contribution >= 4 is 29.7 Å².